The lowest BCUT2D eigenvalue weighted by Gasteiger charge is -2.13. The zero-order chi connectivity index (χ0) is 23.3. The van der Waals surface area contributed by atoms with Gasteiger partial charge in [0, 0.05) is 17.0 Å². The number of amides is 2. The number of aromatic nitrogens is 1. The van der Waals surface area contributed by atoms with Gasteiger partial charge >= 0.3 is 5.97 Å². The van der Waals surface area contributed by atoms with Crippen LogP contribution >= 0.6 is 11.6 Å². The second kappa shape index (κ2) is 10.2. The Bertz CT molecular complexity index is 1180. The van der Waals surface area contributed by atoms with Gasteiger partial charge in [0.05, 0.1) is 28.0 Å². The number of carbonyl (C=O) groups is 3. The molecule has 0 unspecified atom stereocenters. The summed E-state index contributed by atoms with van der Waals surface area (Å²) in [5.74, 6) is -1.22. The Hall–Kier alpha value is -3.45. The summed E-state index contributed by atoms with van der Waals surface area (Å²) in [5, 5.41) is 6.67. The monoisotopic (exact) mass is 453 g/mol. The summed E-state index contributed by atoms with van der Waals surface area (Å²) in [7, 11) is 0. The number of rotatable bonds is 7. The van der Waals surface area contributed by atoms with Gasteiger partial charge in [0.1, 0.15) is 0 Å². The quantitative estimate of drug-likeness (QED) is 0.517. The third-order valence-electron chi connectivity index (χ3n) is 4.64. The summed E-state index contributed by atoms with van der Waals surface area (Å²) < 4.78 is 5.18. The second-order valence-corrected chi connectivity index (χ2v) is 8.17. The number of para-hydroxylation sites is 1. The summed E-state index contributed by atoms with van der Waals surface area (Å²) in [6.07, 6.45) is 0. The molecule has 1 aromatic heterocycles. The lowest BCUT2D eigenvalue weighted by molar-refractivity contribution is -0.119. The highest BCUT2D eigenvalue weighted by atomic mass is 35.5. The first-order valence-electron chi connectivity index (χ1n) is 10.2. The number of pyridine rings is 1. The van der Waals surface area contributed by atoms with Crippen LogP contribution in [0.5, 0.6) is 0 Å². The largest absolute Gasteiger partial charge is 0.452 e. The molecular formula is C24H24ClN3O4. The van der Waals surface area contributed by atoms with Gasteiger partial charge in [0.2, 0.25) is 0 Å². The molecule has 2 aromatic carbocycles. The van der Waals surface area contributed by atoms with Crippen LogP contribution in [0, 0.1) is 12.8 Å². The van der Waals surface area contributed by atoms with Gasteiger partial charge in [0.15, 0.2) is 6.61 Å². The van der Waals surface area contributed by atoms with Crippen LogP contribution < -0.4 is 10.6 Å². The van der Waals surface area contributed by atoms with Crippen molar-refractivity contribution in [2.45, 2.75) is 20.8 Å². The average molecular weight is 454 g/mol. The number of aryl methyl sites for hydroxylation is 1. The van der Waals surface area contributed by atoms with E-state index in [1.807, 2.05) is 13.8 Å². The molecule has 0 saturated carbocycles. The van der Waals surface area contributed by atoms with E-state index in [4.69, 9.17) is 16.3 Å². The number of esters is 1. The Balaban J connectivity index is 1.66. The van der Waals surface area contributed by atoms with Crippen molar-refractivity contribution in [3.63, 3.8) is 0 Å². The van der Waals surface area contributed by atoms with Crippen LogP contribution in [0.3, 0.4) is 0 Å². The molecular weight excluding hydrogens is 430 g/mol. The lowest BCUT2D eigenvalue weighted by Crippen LogP contribution is -2.29. The van der Waals surface area contributed by atoms with Crippen LogP contribution in [0.1, 0.15) is 40.3 Å². The number of fused-ring (bicyclic) bond motifs is 1. The predicted octanol–water partition coefficient (Wildman–Crippen LogP) is 4.38. The molecule has 3 rings (SSSR count). The molecule has 0 aliphatic heterocycles. The Kier molecular flexibility index (Phi) is 7.43. The van der Waals surface area contributed by atoms with Gasteiger partial charge in [-0.15, -0.1) is 0 Å². The first-order valence-corrected chi connectivity index (χ1v) is 10.5. The smallest absolute Gasteiger partial charge is 0.340 e. The first-order chi connectivity index (χ1) is 15.2. The van der Waals surface area contributed by atoms with Crippen molar-refractivity contribution < 1.29 is 19.1 Å². The maximum absolute atomic E-state index is 12.5. The number of carbonyl (C=O) groups excluding carboxylic acids is 3. The fraction of sp³-hybridized carbons (Fsp3) is 0.250. The minimum absolute atomic E-state index is 0.251. The van der Waals surface area contributed by atoms with Crippen LogP contribution in [0.2, 0.25) is 5.02 Å². The highest BCUT2D eigenvalue weighted by Gasteiger charge is 2.17. The number of nitrogens with zero attached hydrogens (tertiary/aromatic N) is 1. The van der Waals surface area contributed by atoms with Crippen molar-refractivity contribution in [2.75, 3.05) is 18.5 Å². The van der Waals surface area contributed by atoms with E-state index in [0.717, 1.165) is 0 Å². The summed E-state index contributed by atoms with van der Waals surface area (Å²) >= 11 is 6.01. The summed E-state index contributed by atoms with van der Waals surface area (Å²) in [5.41, 5.74) is 2.11. The number of benzene rings is 2. The van der Waals surface area contributed by atoms with E-state index in [9.17, 15) is 14.4 Å². The molecule has 0 aliphatic carbocycles. The second-order valence-electron chi connectivity index (χ2n) is 7.73. The van der Waals surface area contributed by atoms with Crippen LogP contribution in [-0.2, 0) is 9.53 Å². The normalized spacial score (nSPS) is 10.8. The number of hydrogen-bond acceptors (Lipinski definition) is 5. The van der Waals surface area contributed by atoms with Crippen LogP contribution in [0.4, 0.5) is 5.69 Å². The Morgan fingerprint density at radius 3 is 2.56 bits per heavy atom. The topological polar surface area (TPSA) is 97.4 Å². The third-order valence-corrected chi connectivity index (χ3v) is 4.87. The fourth-order valence-electron chi connectivity index (χ4n) is 3.03. The predicted molar refractivity (Wildman–Crippen MR) is 124 cm³/mol. The van der Waals surface area contributed by atoms with Crippen molar-refractivity contribution in [2.24, 2.45) is 5.92 Å². The van der Waals surface area contributed by atoms with E-state index < -0.39 is 18.5 Å². The van der Waals surface area contributed by atoms with E-state index in [-0.39, 0.29) is 11.5 Å². The molecule has 0 atom stereocenters. The number of halogens is 1. The van der Waals surface area contributed by atoms with E-state index >= 15 is 0 Å². The van der Waals surface area contributed by atoms with Crippen molar-refractivity contribution in [3.05, 3.63) is 70.4 Å². The number of nitrogens with one attached hydrogen (secondary N) is 2. The van der Waals surface area contributed by atoms with Crippen molar-refractivity contribution in [1.82, 2.24) is 10.3 Å². The molecule has 3 aromatic rings. The maximum Gasteiger partial charge on any atom is 0.340 e. The van der Waals surface area contributed by atoms with Gasteiger partial charge in [0.25, 0.3) is 11.8 Å². The van der Waals surface area contributed by atoms with Gasteiger partial charge in [-0.1, -0.05) is 37.6 Å². The van der Waals surface area contributed by atoms with Crippen molar-refractivity contribution in [3.8, 4) is 0 Å². The summed E-state index contributed by atoms with van der Waals surface area (Å²) in [6.45, 7) is 5.68. The first kappa shape index (κ1) is 23.2. The van der Waals surface area contributed by atoms with Crippen molar-refractivity contribution in [1.29, 1.82) is 0 Å². The van der Waals surface area contributed by atoms with Gasteiger partial charge in [-0.3, -0.25) is 14.6 Å². The van der Waals surface area contributed by atoms with Crippen LogP contribution in [0.25, 0.3) is 10.9 Å². The lowest BCUT2D eigenvalue weighted by atomic mass is 10.1. The van der Waals surface area contributed by atoms with Gasteiger partial charge in [-0.2, -0.15) is 0 Å². The molecule has 2 N–H and O–H groups in total. The zero-order valence-corrected chi connectivity index (χ0v) is 18.8. The zero-order valence-electron chi connectivity index (χ0n) is 18.1. The SMILES string of the molecule is Cc1nc2ccc(Cl)cc2cc1C(=O)OCC(=O)Nc1ccccc1C(=O)NCC(C)C. The molecule has 0 spiro atoms. The highest BCUT2D eigenvalue weighted by Crippen LogP contribution is 2.21. The van der Waals surface area contributed by atoms with Gasteiger partial charge < -0.3 is 15.4 Å². The maximum atomic E-state index is 12.5. The number of ether oxygens (including phenoxy) is 1. The molecule has 1 heterocycles. The molecule has 0 bridgehead atoms. The third kappa shape index (κ3) is 5.82. The molecule has 32 heavy (non-hydrogen) atoms. The molecule has 7 nitrogen and oxygen atoms in total. The Morgan fingerprint density at radius 2 is 1.81 bits per heavy atom. The fourth-order valence-corrected chi connectivity index (χ4v) is 3.21. The van der Waals surface area contributed by atoms with Gasteiger partial charge in [-0.05, 0) is 49.2 Å². The van der Waals surface area contributed by atoms with Gasteiger partial charge in [-0.25, -0.2) is 4.79 Å². The molecule has 2 amide bonds. The number of hydrogen-bond donors (Lipinski definition) is 2. The van der Waals surface area contributed by atoms with Crippen molar-refractivity contribution >= 4 is 46.0 Å². The minimum Gasteiger partial charge on any atom is -0.452 e. The molecule has 8 heteroatoms. The molecule has 0 fully saturated rings. The average Bonchev–Trinajstić information content (AvgIpc) is 2.76. The molecule has 0 radical (unpaired) electrons. The summed E-state index contributed by atoms with van der Waals surface area (Å²) in [6, 6.07) is 13.5. The molecule has 166 valence electrons. The Labute approximate surface area is 191 Å². The van der Waals surface area contributed by atoms with E-state index in [1.165, 1.54) is 0 Å². The number of anilines is 1. The highest BCUT2D eigenvalue weighted by molar-refractivity contribution is 6.31. The van der Waals surface area contributed by atoms with E-state index in [2.05, 4.69) is 15.6 Å². The Morgan fingerprint density at radius 1 is 1.06 bits per heavy atom. The molecule has 0 aliphatic rings. The minimum atomic E-state index is -0.671. The molecule has 0 saturated heterocycles. The van der Waals surface area contributed by atoms with Crippen LogP contribution in [-0.4, -0.2) is 35.9 Å². The summed E-state index contributed by atoms with van der Waals surface area (Å²) in [4.78, 5) is 41.7. The standard InChI is InChI=1S/C24H24ClN3O4/c1-14(2)12-26-23(30)18-6-4-5-7-21(18)28-22(29)13-32-24(31)19-11-16-10-17(25)8-9-20(16)27-15(19)3/h4-11,14H,12-13H2,1-3H3,(H,26,30)(H,28,29). The van der Waals surface area contributed by atoms with E-state index in [0.29, 0.717) is 45.3 Å². The van der Waals surface area contributed by atoms with Crippen LogP contribution in [0.15, 0.2) is 48.5 Å². The van der Waals surface area contributed by atoms with E-state index in [1.54, 1.807) is 55.5 Å².